The lowest BCUT2D eigenvalue weighted by molar-refractivity contribution is 0.0268. The van der Waals surface area contributed by atoms with Gasteiger partial charge >= 0.3 is 0 Å². The van der Waals surface area contributed by atoms with Gasteiger partial charge < -0.3 is 15.4 Å². The number of hydrogen-bond acceptors (Lipinski definition) is 4. The number of guanidine groups is 1. The van der Waals surface area contributed by atoms with E-state index >= 15 is 0 Å². The van der Waals surface area contributed by atoms with Crippen LogP contribution in [-0.2, 0) is 11.2 Å². The molecule has 120 valence electrons. The summed E-state index contributed by atoms with van der Waals surface area (Å²) in [5.74, 6) is 0.824. The summed E-state index contributed by atoms with van der Waals surface area (Å²) < 4.78 is 5.38. The van der Waals surface area contributed by atoms with Crippen LogP contribution in [0.5, 0.6) is 0 Å². The van der Waals surface area contributed by atoms with E-state index in [2.05, 4.69) is 26.0 Å². The number of aliphatic imine (C=N–C) groups is 1. The monoisotopic (exact) mass is 312 g/mol. The lowest BCUT2D eigenvalue weighted by atomic mass is 10.1. The molecule has 0 aliphatic heterocycles. The SMILES string of the molecule is CN=C(NCCCCc1nc(C)cs1)NCC(C)(C)OC. The first-order valence-electron chi connectivity index (χ1n) is 7.37. The van der Waals surface area contributed by atoms with Gasteiger partial charge in [0.1, 0.15) is 0 Å². The Kier molecular flexibility index (Phi) is 7.67. The third-order valence-corrected chi connectivity index (χ3v) is 4.26. The number of aryl methyl sites for hydroxylation is 2. The maximum Gasteiger partial charge on any atom is 0.191 e. The summed E-state index contributed by atoms with van der Waals surface area (Å²) in [4.78, 5) is 8.69. The van der Waals surface area contributed by atoms with Crippen molar-refractivity contribution in [1.82, 2.24) is 15.6 Å². The molecule has 0 aliphatic rings. The smallest absolute Gasteiger partial charge is 0.191 e. The number of rotatable bonds is 8. The van der Waals surface area contributed by atoms with Gasteiger partial charge in [0.2, 0.25) is 0 Å². The van der Waals surface area contributed by atoms with Gasteiger partial charge in [0.25, 0.3) is 0 Å². The number of hydrogen-bond donors (Lipinski definition) is 2. The van der Waals surface area contributed by atoms with E-state index in [1.807, 2.05) is 20.8 Å². The molecule has 1 heterocycles. The Morgan fingerprint density at radius 2 is 2.14 bits per heavy atom. The van der Waals surface area contributed by atoms with E-state index in [9.17, 15) is 0 Å². The van der Waals surface area contributed by atoms with Crippen molar-refractivity contribution in [2.45, 2.75) is 45.6 Å². The van der Waals surface area contributed by atoms with Gasteiger partial charge in [-0.3, -0.25) is 4.99 Å². The molecule has 5 nitrogen and oxygen atoms in total. The fraction of sp³-hybridized carbons (Fsp3) is 0.733. The van der Waals surface area contributed by atoms with Crippen LogP contribution in [-0.4, -0.2) is 43.8 Å². The third-order valence-electron chi connectivity index (χ3n) is 3.23. The summed E-state index contributed by atoms with van der Waals surface area (Å²) in [6.07, 6.45) is 3.30. The Bertz CT molecular complexity index is 443. The molecule has 6 heteroatoms. The van der Waals surface area contributed by atoms with Crippen LogP contribution in [0, 0.1) is 6.92 Å². The molecule has 0 spiro atoms. The van der Waals surface area contributed by atoms with E-state index in [4.69, 9.17) is 4.74 Å². The van der Waals surface area contributed by atoms with E-state index in [1.165, 1.54) is 5.01 Å². The predicted octanol–water partition coefficient (Wildman–Crippen LogP) is 2.36. The molecule has 0 atom stereocenters. The van der Waals surface area contributed by atoms with Crippen molar-refractivity contribution < 1.29 is 4.74 Å². The minimum absolute atomic E-state index is 0.194. The number of ether oxygens (including phenoxy) is 1. The van der Waals surface area contributed by atoms with Gasteiger partial charge in [0.15, 0.2) is 5.96 Å². The average Bonchev–Trinajstić information content (AvgIpc) is 2.87. The van der Waals surface area contributed by atoms with E-state index in [0.717, 1.165) is 44.0 Å². The number of aromatic nitrogens is 1. The van der Waals surface area contributed by atoms with Crippen LogP contribution in [0.1, 0.15) is 37.4 Å². The van der Waals surface area contributed by atoms with Gasteiger partial charge in [-0.1, -0.05) is 0 Å². The molecule has 0 saturated carbocycles. The molecule has 0 unspecified atom stereocenters. The number of nitrogens with one attached hydrogen (secondary N) is 2. The summed E-state index contributed by atoms with van der Waals surface area (Å²) in [5.41, 5.74) is 0.929. The van der Waals surface area contributed by atoms with E-state index in [0.29, 0.717) is 0 Å². The van der Waals surface area contributed by atoms with Crippen LogP contribution in [0.15, 0.2) is 10.4 Å². The predicted molar refractivity (Wildman–Crippen MR) is 90.2 cm³/mol. The quantitative estimate of drug-likeness (QED) is 0.439. The van der Waals surface area contributed by atoms with Gasteiger partial charge in [0.05, 0.1) is 10.6 Å². The molecule has 0 aliphatic carbocycles. The number of methoxy groups -OCH3 is 1. The van der Waals surface area contributed by atoms with Gasteiger partial charge in [0, 0.05) is 38.3 Å². The van der Waals surface area contributed by atoms with Crippen LogP contribution < -0.4 is 10.6 Å². The fourth-order valence-corrected chi connectivity index (χ4v) is 2.53. The van der Waals surface area contributed by atoms with E-state index in [1.54, 1.807) is 25.5 Å². The Hall–Kier alpha value is -1.14. The first-order valence-corrected chi connectivity index (χ1v) is 8.25. The summed E-state index contributed by atoms with van der Waals surface area (Å²) >= 11 is 1.75. The second-order valence-electron chi connectivity index (χ2n) is 5.66. The molecule has 0 saturated heterocycles. The first-order chi connectivity index (χ1) is 9.96. The van der Waals surface area contributed by atoms with Gasteiger partial charge in [-0.25, -0.2) is 4.98 Å². The highest BCUT2D eigenvalue weighted by atomic mass is 32.1. The number of nitrogens with zero attached hydrogens (tertiary/aromatic N) is 2. The summed E-state index contributed by atoms with van der Waals surface area (Å²) in [7, 11) is 3.51. The largest absolute Gasteiger partial charge is 0.377 e. The van der Waals surface area contributed by atoms with E-state index in [-0.39, 0.29) is 5.60 Å². The molecule has 2 N–H and O–H groups in total. The van der Waals surface area contributed by atoms with Crippen molar-refractivity contribution in [1.29, 1.82) is 0 Å². The highest BCUT2D eigenvalue weighted by molar-refractivity contribution is 7.09. The molecule has 1 aromatic rings. The van der Waals surface area contributed by atoms with Crippen molar-refractivity contribution in [2.75, 3.05) is 27.2 Å². The normalized spacial score (nSPS) is 12.5. The van der Waals surface area contributed by atoms with Crippen LogP contribution in [0.25, 0.3) is 0 Å². The van der Waals surface area contributed by atoms with Crippen LogP contribution in [0.3, 0.4) is 0 Å². The van der Waals surface area contributed by atoms with Crippen molar-refractivity contribution in [2.24, 2.45) is 4.99 Å². The average molecular weight is 312 g/mol. The lowest BCUT2D eigenvalue weighted by Gasteiger charge is -2.24. The van der Waals surface area contributed by atoms with Gasteiger partial charge in [-0.15, -0.1) is 11.3 Å². The van der Waals surface area contributed by atoms with Crippen LogP contribution in [0.2, 0.25) is 0 Å². The Labute approximate surface area is 132 Å². The Morgan fingerprint density at radius 3 is 2.71 bits per heavy atom. The zero-order chi connectivity index (χ0) is 15.7. The van der Waals surface area contributed by atoms with Gasteiger partial charge in [-0.05, 0) is 40.0 Å². The molecule has 0 fully saturated rings. The molecule has 1 aromatic heterocycles. The highest BCUT2D eigenvalue weighted by Crippen LogP contribution is 2.11. The Morgan fingerprint density at radius 1 is 1.38 bits per heavy atom. The van der Waals surface area contributed by atoms with Crippen molar-refractivity contribution >= 4 is 17.3 Å². The fourth-order valence-electron chi connectivity index (χ4n) is 1.71. The molecular formula is C15H28N4OS. The Balaban J connectivity index is 2.15. The minimum Gasteiger partial charge on any atom is -0.377 e. The topological polar surface area (TPSA) is 58.5 Å². The number of unbranched alkanes of at least 4 members (excludes halogenated alkanes) is 1. The van der Waals surface area contributed by atoms with Crippen LogP contribution in [0.4, 0.5) is 0 Å². The lowest BCUT2D eigenvalue weighted by Crippen LogP contribution is -2.45. The number of thiazole rings is 1. The summed E-state index contributed by atoms with van der Waals surface area (Å²) in [6, 6.07) is 0. The maximum atomic E-state index is 5.38. The van der Waals surface area contributed by atoms with Gasteiger partial charge in [-0.2, -0.15) is 0 Å². The second kappa shape index (κ2) is 9.00. The molecule has 0 amide bonds. The van der Waals surface area contributed by atoms with Crippen molar-refractivity contribution in [3.63, 3.8) is 0 Å². The molecule has 0 bridgehead atoms. The zero-order valence-corrected chi connectivity index (χ0v) is 14.6. The summed E-state index contributed by atoms with van der Waals surface area (Å²) in [5, 5.41) is 9.94. The standard InChI is InChI=1S/C15H28N4OS/c1-12-10-21-13(19-12)8-6-7-9-17-14(16-4)18-11-15(2,3)20-5/h10H,6-9,11H2,1-5H3,(H2,16,17,18). The maximum absolute atomic E-state index is 5.38. The molecule has 0 aromatic carbocycles. The molecule has 21 heavy (non-hydrogen) atoms. The summed E-state index contributed by atoms with van der Waals surface area (Å²) in [6.45, 7) is 7.77. The van der Waals surface area contributed by atoms with Crippen molar-refractivity contribution in [3.8, 4) is 0 Å². The van der Waals surface area contributed by atoms with Crippen LogP contribution >= 0.6 is 11.3 Å². The molecular weight excluding hydrogens is 284 g/mol. The third kappa shape index (κ3) is 7.43. The highest BCUT2D eigenvalue weighted by Gasteiger charge is 2.16. The second-order valence-corrected chi connectivity index (χ2v) is 6.60. The zero-order valence-electron chi connectivity index (χ0n) is 13.8. The molecule has 1 rings (SSSR count). The first kappa shape index (κ1) is 17.9. The minimum atomic E-state index is -0.194. The van der Waals surface area contributed by atoms with Crippen molar-refractivity contribution in [3.05, 3.63) is 16.1 Å². The van der Waals surface area contributed by atoms with E-state index < -0.39 is 0 Å². The molecule has 0 radical (unpaired) electrons.